The molecule has 0 aliphatic carbocycles. The van der Waals surface area contributed by atoms with Gasteiger partial charge in [-0.25, -0.2) is 4.79 Å². The molecule has 0 aliphatic rings. The molecule has 86 valence electrons. The van der Waals surface area contributed by atoms with Gasteiger partial charge in [0.25, 0.3) is 0 Å². The standard InChI is InChI=1S/C8H14N2O4S/c1-5(7(12)14-2)3-15-4-6(11)10-8(9)13/h5H,3-4H2,1-2H3,(H3,9,10,11,13). The van der Waals surface area contributed by atoms with Crippen LogP contribution < -0.4 is 11.1 Å². The summed E-state index contributed by atoms with van der Waals surface area (Å²) in [7, 11) is 1.31. The highest BCUT2D eigenvalue weighted by atomic mass is 32.2. The molecule has 0 aromatic carbocycles. The molecule has 0 bridgehead atoms. The summed E-state index contributed by atoms with van der Waals surface area (Å²) in [5, 5.41) is 1.92. The molecule has 6 nitrogen and oxygen atoms in total. The van der Waals surface area contributed by atoms with E-state index in [0.29, 0.717) is 5.75 Å². The average molecular weight is 234 g/mol. The summed E-state index contributed by atoms with van der Waals surface area (Å²) in [4.78, 5) is 32.1. The van der Waals surface area contributed by atoms with Crippen molar-refractivity contribution >= 4 is 29.7 Å². The van der Waals surface area contributed by atoms with Crippen molar-refractivity contribution in [3.63, 3.8) is 0 Å². The van der Waals surface area contributed by atoms with Crippen LogP contribution in [0, 0.1) is 5.92 Å². The quantitative estimate of drug-likeness (QED) is 0.638. The van der Waals surface area contributed by atoms with Gasteiger partial charge >= 0.3 is 12.0 Å². The Hall–Kier alpha value is -1.24. The highest BCUT2D eigenvalue weighted by Gasteiger charge is 2.13. The zero-order chi connectivity index (χ0) is 11.8. The van der Waals surface area contributed by atoms with E-state index in [0.717, 1.165) is 0 Å². The Morgan fingerprint density at radius 1 is 1.47 bits per heavy atom. The van der Waals surface area contributed by atoms with Crippen LogP contribution in [0.2, 0.25) is 0 Å². The molecule has 7 heteroatoms. The van der Waals surface area contributed by atoms with E-state index >= 15 is 0 Å². The fourth-order valence-corrected chi connectivity index (χ4v) is 1.64. The molecule has 0 spiro atoms. The third-order valence-corrected chi connectivity index (χ3v) is 2.67. The lowest BCUT2D eigenvalue weighted by Crippen LogP contribution is -2.36. The Kier molecular flexibility index (Phi) is 6.52. The number of carbonyl (C=O) groups is 3. The van der Waals surface area contributed by atoms with Crippen LogP contribution in [0.25, 0.3) is 0 Å². The Morgan fingerprint density at radius 3 is 2.53 bits per heavy atom. The first-order valence-electron chi connectivity index (χ1n) is 4.22. The van der Waals surface area contributed by atoms with Crippen molar-refractivity contribution in [3.8, 4) is 0 Å². The van der Waals surface area contributed by atoms with Crippen LogP contribution in [0.5, 0.6) is 0 Å². The van der Waals surface area contributed by atoms with E-state index in [1.807, 2.05) is 5.32 Å². The second-order valence-corrected chi connectivity index (χ2v) is 3.88. The predicted molar refractivity (Wildman–Crippen MR) is 56.2 cm³/mol. The summed E-state index contributed by atoms with van der Waals surface area (Å²) < 4.78 is 4.51. The van der Waals surface area contributed by atoms with E-state index in [4.69, 9.17) is 5.73 Å². The molecule has 15 heavy (non-hydrogen) atoms. The molecule has 0 radical (unpaired) electrons. The third-order valence-electron chi connectivity index (χ3n) is 1.47. The van der Waals surface area contributed by atoms with Gasteiger partial charge < -0.3 is 10.5 Å². The fraction of sp³-hybridized carbons (Fsp3) is 0.625. The van der Waals surface area contributed by atoms with E-state index in [1.54, 1.807) is 6.92 Å². The Morgan fingerprint density at radius 2 is 2.07 bits per heavy atom. The summed E-state index contributed by atoms with van der Waals surface area (Å²) in [5.74, 6) is -0.521. The van der Waals surface area contributed by atoms with Crippen LogP contribution in [-0.4, -0.2) is 36.5 Å². The summed E-state index contributed by atoms with van der Waals surface area (Å²) in [6.07, 6.45) is 0. The number of methoxy groups -OCH3 is 1. The van der Waals surface area contributed by atoms with Crippen LogP contribution in [0.15, 0.2) is 0 Å². The molecular weight excluding hydrogens is 220 g/mol. The average Bonchev–Trinajstić information content (AvgIpc) is 2.15. The van der Waals surface area contributed by atoms with Crippen LogP contribution in [0.4, 0.5) is 4.79 Å². The molecular formula is C8H14N2O4S. The molecule has 0 aromatic rings. The number of carbonyl (C=O) groups excluding carboxylic acids is 3. The van der Waals surface area contributed by atoms with Crippen LogP contribution >= 0.6 is 11.8 Å². The number of hydrogen-bond donors (Lipinski definition) is 2. The maximum atomic E-state index is 11.0. The van der Waals surface area contributed by atoms with E-state index in [1.165, 1.54) is 18.9 Å². The van der Waals surface area contributed by atoms with Gasteiger partial charge in [0.05, 0.1) is 18.8 Å². The number of nitrogens with two attached hydrogens (primary N) is 1. The number of esters is 1. The van der Waals surface area contributed by atoms with Crippen LogP contribution in [0.1, 0.15) is 6.92 Å². The zero-order valence-electron chi connectivity index (χ0n) is 8.61. The van der Waals surface area contributed by atoms with Gasteiger partial charge in [-0.1, -0.05) is 6.92 Å². The molecule has 1 atom stereocenters. The molecule has 0 heterocycles. The maximum absolute atomic E-state index is 11.0. The van der Waals surface area contributed by atoms with Gasteiger partial charge in [0.2, 0.25) is 5.91 Å². The summed E-state index contributed by atoms with van der Waals surface area (Å²) >= 11 is 1.23. The highest BCUT2D eigenvalue weighted by molar-refractivity contribution is 7.99. The molecule has 0 rings (SSSR count). The highest BCUT2D eigenvalue weighted by Crippen LogP contribution is 2.09. The van der Waals surface area contributed by atoms with Crippen LogP contribution in [-0.2, 0) is 14.3 Å². The van der Waals surface area contributed by atoms with E-state index < -0.39 is 11.9 Å². The first-order chi connectivity index (χ1) is 6.97. The van der Waals surface area contributed by atoms with Gasteiger partial charge in [-0.05, 0) is 0 Å². The van der Waals surface area contributed by atoms with Crippen molar-refractivity contribution in [1.29, 1.82) is 0 Å². The normalized spacial score (nSPS) is 11.6. The number of urea groups is 1. The van der Waals surface area contributed by atoms with Gasteiger partial charge in [-0.15, -0.1) is 0 Å². The largest absolute Gasteiger partial charge is 0.469 e. The minimum absolute atomic E-state index is 0.0876. The molecule has 3 amide bonds. The zero-order valence-corrected chi connectivity index (χ0v) is 9.43. The van der Waals surface area contributed by atoms with Gasteiger partial charge in [-0.3, -0.25) is 14.9 Å². The number of amides is 3. The predicted octanol–water partition coefficient (Wildman–Crippen LogP) is -0.276. The molecule has 1 unspecified atom stereocenters. The van der Waals surface area contributed by atoms with E-state index in [2.05, 4.69) is 4.74 Å². The van der Waals surface area contributed by atoms with Gasteiger partial charge in [-0.2, -0.15) is 11.8 Å². The lowest BCUT2D eigenvalue weighted by atomic mass is 10.2. The number of hydrogen-bond acceptors (Lipinski definition) is 5. The Balaban J connectivity index is 3.65. The SMILES string of the molecule is COC(=O)C(C)CSCC(=O)NC(N)=O. The Labute approximate surface area is 91.9 Å². The fourth-order valence-electron chi connectivity index (χ4n) is 0.771. The molecule has 0 saturated carbocycles. The monoisotopic (exact) mass is 234 g/mol. The minimum Gasteiger partial charge on any atom is -0.469 e. The number of thioether (sulfide) groups is 1. The van der Waals surface area contributed by atoms with E-state index in [9.17, 15) is 14.4 Å². The van der Waals surface area contributed by atoms with Crippen molar-refractivity contribution in [1.82, 2.24) is 5.32 Å². The number of rotatable bonds is 5. The van der Waals surface area contributed by atoms with Gasteiger partial charge in [0.1, 0.15) is 0 Å². The van der Waals surface area contributed by atoms with Gasteiger partial charge in [0.15, 0.2) is 0 Å². The van der Waals surface area contributed by atoms with Crippen molar-refractivity contribution < 1.29 is 19.1 Å². The van der Waals surface area contributed by atoms with E-state index in [-0.39, 0.29) is 17.6 Å². The smallest absolute Gasteiger partial charge is 0.318 e. The lowest BCUT2D eigenvalue weighted by molar-refractivity contribution is -0.144. The van der Waals surface area contributed by atoms with Gasteiger partial charge in [0, 0.05) is 5.75 Å². The summed E-state index contributed by atoms with van der Waals surface area (Å²) in [6, 6.07) is -0.874. The molecule has 0 aliphatic heterocycles. The van der Waals surface area contributed by atoms with Crippen molar-refractivity contribution in [2.75, 3.05) is 18.6 Å². The topological polar surface area (TPSA) is 98.5 Å². The summed E-state index contributed by atoms with van der Waals surface area (Å²) in [5.41, 5.74) is 4.74. The van der Waals surface area contributed by atoms with Crippen molar-refractivity contribution in [3.05, 3.63) is 0 Å². The third kappa shape index (κ3) is 6.78. The number of nitrogens with one attached hydrogen (secondary N) is 1. The maximum Gasteiger partial charge on any atom is 0.318 e. The van der Waals surface area contributed by atoms with Crippen molar-refractivity contribution in [2.24, 2.45) is 11.7 Å². The number of imide groups is 1. The molecule has 0 aromatic heterocycles. The summed E-state index contributed by atoms with van der Waals surface area (Å²) in [6.45, 7) is 1.70. The first kappa shape index (κ1) is 13.8. The lowest BCUT2D eigenvalue weighted by Gasteiger charge is -2.07. The van der Waals surface area contributed by atoms with Crippen molar-refractivity contribution in [2.45, 2.75) is 6.92 Å². The minimum atomic E-state index is -0.874. The first-order valence-corrected chi connectivity index (χ1v) is 5.37. The number of ether oxygens (including phenoxy) is 1. The van der Waals surface area contributed by atoms with Crippen LogP contribution in [0.3, 0.4) is 0 Å². The molecule has 0 saturated heterocycles. The molecule has 0 fully saturated rings. The molecule has 3 N–H and O–H groups in total. The second kappa shape index (κ2) is 7.10. The number of primary amides is 1. The second-order valence-electron chi connectivity index (χ2n) is 2.85. The Bertz CT molecular complexity index is 257.